The first-order valence-electron chi connectivity index (χ1n) is 27.5. The van der Waals surface area contributed by atoms with Crippen molar-refractivity contribution in [2.75, 3.05) is 65.6 Å². The second kappa shape index (κ2) is 51.5. The summed E-state index contributed by atoms with van der Waals surface area (Å²) in [4.78, 5) is 30.3. The van der Waals surface area contributed by atoms with Gasteiger partial charge < -0.3 is 24.6 Å². The van der Waals surface area contributed by atoms with Gasteiger partial charge in [-0.05, 0) is 90.6 Å². The Hall–Kier alpha value is -1.18. The van der Waals surface area contributed by atoms with Crippen molar-refractivity contribution in [1.29, 1.82) is 0 Å². The summed E-state index contributed by atoms with van der Waals surface area (Å²) in [6.07, 6.45) is 47.7. The Morgan fingerprint density at radius 3 is 0.820 bits per heavy atom. The lowest BCUT2D eigenvalue weighted by Gasteiger charge is -2.22. The van der Waals surface area contributed by atoms with Crippen molar-refractivity contribution in [1.82, 2.24) is 15.1 Å². The van der Waals surface area contributed by atoms with Crippen LogP contribution in [0.25, 0.3) is 0 Å². The Morgan fingerprint density at radius 2 is 0.557 bits per heavy atom. The molecule has 0 radical (unpaired) electrons. The van der Waals surface area contributed by atoms with Crippen molar-refractivity contribution < 1.29 is 19.1 Å². The molecule has 61 heavy (non-hydrogen) atoms. The second-order valence-corrected chi connectivity index (χ2v) is 18.7. The smallest absolute Gasteiger partial charge is 0.307 e. The van der Waals surface area contributed by atoms with E-state index in [1.807, 2.05) is 0 Å². The van der Waals surface area contributed by atoms with Gasteiger partial charge in [0.25, 0.3) is 0 Å². The number of unbranched alkanes of at least 4 members (excludes halogenated alkanes) is 30. The third-order valence-corrected chi connectivity index (χ3v) is 12.6. The third-order valence-electron chi connectivity index (χ3n) is 12.6. The van der Waals surface area contributed by atoms with Crippen LogP contribution in [0.5, 0.6) is 0 Å². The number of nitrogens with one attached hydrogen (secondary N) is 1. The first-order chi connectivity index (χ1) is 30.1. The molecule has 0 heterocycles. The normalized spacial score (nSPS) is 11.6. The number of hydrogen-bond acceptors (Lipinski definition) is 7. The van der Waals surface area contributed by atoms with Crippen molar-refractivity contribution in [2.24, 2.45) is 0 Å². The number of nitrogens with zero attached hydrogens (tertiary/aromatic N) is 2. The molecule has 7 heteroatoms. The van der Waals surface area contributed by atoms with Crippen LogP contribution < -0.4 is 5.32 Å². The predicted octanol–water partition coefficient (Wildman–Crippen LogP) is 15.2. The SMILES string of the molecule is CCCCCCCCCCN(CCCCCCCCCC)CCC(=O)OCCCCNCCCCOC(=O)CCN(CCCCCCCCCC)CCCCCCCCCC. The quantitative estimate of drug-likeness (QED) is 0.0482. The van der Waals surface area contributed by atoms with Gasteiger partial charge in [-0.15, -0.1) is 0 Å². The monoisotopic (exact) mass is 864 g/mol. The average molecular weight is 864 g/mol. The molecule has 0 aromatic heterocycles. The van der Waals surface area contributed by atoms with E-state index in [4.69, 9.17) is 9.47 Å². The standard InChI is InChI=1S/C54H109N3O4/c1-5-9-13-17-21-25-29-35-45-56(46-36-30-26-22-18-14-10-6-2)49-41-53(58)60-51-39-33-43-55-44-34-40-52-61-54(59)42-50-57(47-37-31-27-23-19-15-11-7-3)48-38-32-28-24-20-16-12-8-4/h55H,5-52H2,1-4H3. The molecule has 0 aromatic carbocycles. The van der Waals surface area contributed by atoms with E-state index in [0.29, 0.717) is 26.1 Å². The summed E-state index contributed by atoms with van der Waals surface area (Å²) in [5.74, 6) is -0.0851. The van der Waals surface area contributed by atoms with Gasteiger partial charge >= 0.3 is 11.9 Å². The summed E-state index contributed by atoms with van der Waals surface area (Å²) in [6, 6.07) is 0. The van der Waals surface area contributed by atoms with Crippen LogP contribution in [0.4, 0.5) is 0 Å². The summed E-state index contributed by atoms with van der Waals surface area (Å²) in [6.45, 7) is 18.1. The van der Waals surface area contributed by atoms with Gasteiger partial charge in [-0.2, -0.15) is 0 Å². The van der Waals surface area contributed by atoms with Crippen LogP contribution in [0.15, 0.2) is 0 Å². The Morgan fingerprint density at radius 1 is 0.311 bits per heavy atom. The molecule has 0 rings (SSSR count). The molecule has 364 valence electrons. The summed E-state index contributed by atoms with van der Waals surface area (Å²) in [5.41, 5.74) is 0. The maximum Gasteiger partial charge on any atom is 0.307 e. The fraction of sp³-hybridized carbons (Fsp3) is 0.963. The molecular weight excluding hydrogens is 755 g/mol. The zero-order valence-corrected chi connectivity index (χ0v) is 42.0. The fourth-order valence-corrected chi connectivity index (χ4v) is 8.39. The molecular formula is C54H109N3O4. The highest BCUT2D eigenvalue weighted by atomic mass is 16.5. The molecule has 0 spiro atoms. The molecule has 7 nitrogen and oxygen atoms in total. The van der Waals surface area contributed by atoms with Crippen LogP contribution >= 0.6 is 0 Å². The predicted molar refractivity (Wildman–Crippen MR) is 266 cm³/mol. The summed E-state index contributed by atoms with van der Waals surface area (Å²) in [5, 5.41) is 3.51. The third kappa shape index (κ3) is 48.1. The Balaban J connectivity index is 4.13. The number of ether oxygens (including phenoxy) is 2. The van der Waals surface area contributed by atoms with Crippen LogP contribution in [0.3, 0.4) is 0 Å². The number of carbonyl (C=O) groups excluding carboxylic acids is 2. The van der Waals surface area contributed by atoms with Gasteiger partial charge in [-0.3, -0.25) is 9.59 Å². The lowest BCUT2D eigenvalue weighted by molar-refractivity contribution is -0.145. The highest BCUT2D eigenvalue weighted by Crippen LogP contribution is 2.14. The minimum atomic E-state index is -0.0425. The maximum atomic E-state index is 12.6. The molecule has 0 aliphatic carbocycles. The van der Waals surface area contributed by atoms with Gasteiger partial charge in [0.2, 0.25) is 0 Å². The van der Waals surface area contributed by atoms with Crippen LogP contribution in [-0.2, 0) is 19.1 Å². The second-order valence-electron chi connectivity index (χ2n) is 18.7. The topological polar surface area (TPSA) is 71.1 Å². The molecule has 0 aliphatic heterocycles. The molecule has 0 saturated carbocycles. The van der Waals surface area contributed by atoms with E-state index < -0.39 is 0 Å². The van der Waals surface area contributed by atoms with Crippen molar-refractivity contribution in [2.45, 2.75) is 272 Å². The molecule has 0 atom stereocenters. The van der Waals surface area contributed by atoms with Crippen molar-refractivity contribution in [3.63, 3.8) is 0 Å². The van der Waals surface area contributed by atoms with Crippen LogP contribution in [-0.4, -0.2) is 87.3 Å². The van der Waals surface area contributed by atoms with Crippen LogP contribution in [0.1, 0.15) is 272 Å². The number of carbonyl (C=O) groups is 2. The Labute approximate surface area is 382 Å². The number of esters is 2. The molecule has 1 N–H and O–H groups in total. The Bertz CT molecular complexity index is 765. The first kappa shape index (κ1) is 59.8. The van der Waals surface area contributed by atoms with Crippen molar-refractivity contribution in [3.8, 4) is 0 Å². The molecule has 0 unspecified atom stereocenters. The summed E-state index contributed by atoms with van der Waals surface area (Å²) < 4.78 is 11.3. The Kier molecular flexibility index (Phi) is 50.5. The first-order valence-corrected chi connectivity index (χ1v) is 27.5. The molecule has 0 bridgehead atoms. The van der Waals surface area contributed by atoms with Gasteiger partial charge in [0.05, 0.1) is 26.1 Å². The van der Waals surface area contributed by atoms with Crippen molar-refractivity contribution in [3.05, 3.63) is 0 Å². The van der Waals surface area contributed by atoms with Crippen LogP contribution in [0, 0.1) is 0 Å². The minimum Gasteiger partial charge on any atom is -0.466 e. The van der Waals surface area contributed by atoms with E-state index in [0.717, 1.165) is 78.0 Å². The fourth-order valence-electron chi connectivity index (χ4n) is 8.39. The average Bonchev–Trinajstić information content (AvgIpc) is 3.26. The zero-order chi connectivity index (χ0) is 44.4. The molecule has 0 saturated heterocycles. The van der Waals surface area contributed by atoms with Gasteiger partial charge in [-0.1, -0.05) is 207 Å². The largest absolute Gasteiger partial charge is 0.466 e. The van der Waals surface area contributed by atoms with E-state index in [9.17, 15) is 9.59 Å². The van der Waals surface area contributed by atoms with Gasteiger partial charge in [0.1, 0.15) is 0 Å². The van der Waals surface area contributed by atoms with E-state index in [1.54, 1.807) is 0 Å². The molecule has 0 amide bonds. The van der Waals surface area contributed by atoms with Gasteiger partial charge in [-0.25, -0.2) is 0 Å². The number of rotatable bonds is 52. The van der Waals surface area contributed by atoms with E-state index >= 15 is 0 Å². The van der Waals surface area contributed by atoms with E-state index in [-0.39, 0.29) is 11.9 Å². The zero-order valence-electron chi connectivity index (χ0n) is 42.0. The molecule has 0 fully saturated rings. The lowest BCUT2D eigenvalue weighted by atomic mass is 10.1. The highest BCUT2D eigenvalue weighted by Gasteiger charge is 2.11. The maximum absolute atomic E-state index is 12.6. The number of hydrogen-bond donors (Lipinski definition) is 1. The van der Waals surface area contributed by atoms with Crippen molar-refractivity contribution >= 4 is 11.9 Å². The van der Waals surface area contributed by atoms with Crippen LogP contribution in [0.2, 0.25) is 0 Å². The molecule has 0 aromatic rings. The minimum absolute atomic E-state index is 0.0425. The van der Waals surface area contributed by atoms with E-state index in [1.165, 1.54) is 205 Å². The lowest BCUT2D eigenvalue weighted by Crippen LogP contribution is -2.29. The summed E-state index contributed by atoms with van der Waals surface area (Å²) >= 11 is 0. The van der Waals surface area contributed by atoms with Gasteiger partial charge in [0.15, 0.2) is 0 Å². The highest BCUT2D eigenvalue weighted by molar-refractivity contribution is 5.69. The summed E-state index contributed by atoms with van der Waals surface area (Å²) in [7, 11) is 0. The van der Waals surface area contributed by atoms with E-state index in [2.05, 4.69) is 42.8 Å². The van der Waals surface area contributed by atoms with Gasteiger partial charge in [0, 0.05) is 13.1 Å². The molecule has 0 aliphatic rings.